The van der Waals surface area contributed by atoms with E-state index in [9.17, 15) is 9.59 Å². The Morgan fingerprint density at radius 1 is 1.00 bits per heavy atom. The first-order valence-electron chi connectivity index (χ1n) is 10.4. The second kappa shape index (κ2) is 8.88. The van der Waals surface area contributed by atoms with Crippen LogP contribution in [0, 0.1) is 12.8 Å². The van der Waals surface area contributed by atoms with E-state index in [1.807, 2.05) is 65.3 Å². The lowest BCUT2D eigenvalue weighted by Crippen LogP contribution is -2.45. The maximum atomic E-state index is 13.4. The molecule has 0 aliphatic carbocycles. The molecule has 2 heterocycles. The molecule has 2 aromatic carbocycles. The molecule has 2 aliphatic rings. The van der Waals surface area contributed by atoms with Crippen LogP contribution in [-0.2, 0) is 9.53 Å². The first-order valence-corrected chi connectivity index (χ1v) is 10.4. The SMILES string of the molecule is COc1cccc([C@H]2CN(C(=O)c3ccccc3C)C[C@H]2C(=O)N2CCOCC2)c1. The highest BCUT2D eigenvalue weighted by Gasteiger charge is 2.42. The van der Waals surface area contributed by atoms with Gasteiger partial charge in [0.2, 0.25) is 5.91 Å². The molecular weight excluding hydrogens is 380 g/mol. The van der Waals surface area contributed by atoms with Crippen molar-refractivity contribution in [3.05, 3.63) is 65.2 Å². The molecule has 2 amide bonds. The van der Waals surface area contributed by atoms with E-state index in [2.05, 4.69) is 0 Å². The molecule has 0 radical (unpaired) electrons. The number of carbonyl (C=O) groups is 2. The molecule has 0 spiro atoms. The monoisotopic (exact) mass is 408 g/mol. The molecule has 0 saturated carbocycles. The Morgan fingerprint density at radius 2 is 1.77 bits per heavy atom. The summed E-state index contributed by atoms with van der Waals surface area (Å²) in [6.45, 7) is 5.21. The minimum Gasteiger partial charge on any atom is -0.497 e. The predicted molar refractivity (Wildman–Crippen MR) is 114 cm³/mol. The fourth-order valence-electron chi connectivity index (χ4n) is 4.43. The zero-order valence-electron chi connectivity index (χ0n) is 17.5. The number of hydrogen-bond acceptors (Lipinski definition) is 4. The first-order chi connectivity index (χ1) is 14.6. The van der Waals surface area contributed by atoms with E-state index >= 15 is 0 Å². The summed E-state index contributed by atoms with van der Waals surface area (Å²) in [5.41, 5.74) is 2.67. The van der Waals surface area contributed by atoms with E-state index in [0.29, 0.717) is 45.0 Å². The third-order valence-electron chi connectivity index (χ3n) is 6.14. The van der Waals surface area contributed by atoms with Crippen LogP contribution in [0.25, 0.3) is 0 Å². The Bertz CT molecular complexity index is 923. The van der Waals surface area contributed by atoms with Crippen molar-refractivity contribution < 1.29 is 19.1 Å². The van der Waals surface area contributed by atoms with Crippen molar-refractivity contribution in [2.75, 3.05) is 46.5 Å². The fourth-order valence-corrected chi connectivity index (χ4v) is 4.43. The summed E-state index contributed by atoms with van der Waals surface area (Å²) in [5.74, 6) is 0.504. The van der Waals surface area contributed by atoms with Gasteiger partial charge in [-0.25, -0.2) is 0 Å². The molecule has 2 saturated heterocycles. The van der Waals surface area contributed by atoms with Crippen LogP contribution < -0.4 is 4.74 Å². The third kappa shape index (κ3) is 4.05. The van der Waals surface area contributed by atoms with Crippen LogP contribution in [0.1, 0.15) is 27.4 Å². The predicted octanol–water partition coefficient (Wildman–Crippen LogP) is 2.72. The minimum absolute atomic E-state index is 0.0155. The average Bonchev–Trinajstić information content (AvgIpc) is 3.24. The lowest BCUT2D eigenvalue weighted by molar-refractivity contribution is -0.139. The highest BCUT2D eigenvalue weighted by molar-refractivity contribution is 5.96. The van der Waals surface area contributed by atoms with Crippen molar-refractivity contribution in [3.63, 3.8) is 0 Å². The Balaban J connectivity index is 1.63. The molecule has 0 unspecified atom stereocenters. The van der Waals surface area contributed by atoms with Gasteiger partial charge in [-0.15, -0.1) is 0 Å². The molecule has 2 aromatic rings. The Morgan fingerprint density at radius 3 is 2.50 bits per heavy atom. The summed E-state index contributed by atoms with van der Waals surface area (Å²) in [7, 11) is 1.64. The number of rotatable bonds is 4. The van der Waals surface area contributed by atoms with Crippen molar-refractivity contribution in [1.82, 2.24) is 9.80 Å². The summed E-state index contributed by atoms with van der Waals surface area (Å²) in [5, 5.41) is 0. The van der Waals surface area contributed by atoms with Crippen LogP contribution in [0.5, 0.6) is 5.75 Å². The normalized spacial score (nSPS) is 21.5. The van der Waals surface area contributed by atoms with Gasteiger partial charge < -0.3 is 19.3 Å². The topological polar surface area (TPSA) is 59.1 Å². The lowest BCUT2D eigenvalue weighted by atomic mass is 9.87. The number of ether oxygens (including phenoxy) is 2. The second-order valence-corrected chi connectivity index (χ2v) is 7.95. The number of nitrogens with zero attached hydrogens (tertiary/aromatic N) is 2. The van der Waals surface area contributed by atoms with Gasteiger partial charge >= 0.3 is 0 Å². The largest absolute Gasteiger partial charge is 0.497 e. The highest BCUT2D eigenvalue weighted by Crippen LogP contribution is 2.36. The number of amides is 2. The van der Waals surface area contributed by atoms with E-state index in [1.54, 1.807) is 7.11 Å². The molecular formula is C24H28N2O4. The molecule has 30 heavy (non-hydrogen) atoms. The van der Waals surface area contributed by atoms with Crippen molar-refractivity contribution in [2.24, 2.45) is 5.92 Å². The molecule has 6 heteroatoms. The number of likely N-dealkylation sites (tertiary alicyclic amines) is 1. The van der Waals surface area contributed by atoms with Gasteiger partial charge in [-0.1, -0.05) is 30.3 Å². The summed E-state index contributed by atoms with van der Waals surface area (Å²) in [4.78, 5) is 30.4. The van der Waals surface area contributed by atoms with Crippen LogP contribution in [-0.4, -0.2) is 68.1 Å². The van der Waals surface area contributed by atoms with E-state index < -0.39 is 0 Å². The van der Waals surface area contributed by atoms with E-state index in [1.165, 1.54) is 0 Å². The van der Waals surface area contributed by atoms with Gasteiger partial charge in [-0.2, -0.15) is 0 Å². The van der Waals surface area contributed by atoms with E-state index in [-0.39, 0.29) is 23.7 Å². The molecule has 4 rings (SSSR count). The third-order valence-corrected chi connectivity index (χ3v) is 6.14. The van der Waals surface area contributed by atoms with Crippen molar-refractivity contribution in [3.8, 4) is 5.75 Å². The van der Waals surface area contributed by atoms with Gasteiger partial charge in [0, 0.05) is 37.7 Å². The molecule has 6 nitrogen and oxygen atoms in total. The highest BCUT2D eigenvalue weighted by atomic mass is 16.5. The van der Waals surface area contributed by atoms with Gasteiger partial charge in [0.15, 0.2) is 0 Å². The molecule has 2 aliphatic heterocycles. The number of methoxy groups -OCH3 is 1. The molecule has 2 atom stereocenters. The van der Waals surface area contributed by atoms with Gasteiger partial charge in [0.25, 0.3) is 5.91 Å². The van der Waals surface area contributed by atoms with Crippen LogP contribution in [0.2, 0.25) is 0 Å². The zero-order chi connectivity index (χ0) is 21.1. The van der Waals surface area contributed by atoms with Gasteiger partial charge in [-0.05, 0) is 36.2 Å². The van der Waals surface area contributed by atoms with E-state index in [0.717, 1.165) is 16.9 Å². The zero-order valence-corrected chi connectivity index (χ0v) is 17.5. The summed E-state index contributed by atoms with van der Waals surface area (Å²) in [6.07, 6.45) is 0. The molecule has 158 valence electrons. The first kappa shape index (κ1) is 20.4. The van der Waals surface area contributed by atoms with Crippen LogP contribution in [0.4, 0.5) is 0 Å². The number of hydrogen-bond donors (Lipinski definition) is 0. The van der Waals surface area contributed by atoms with Crippen molar-refractivity contribution >= 4 is 11.8 Å². The standard InChI is InChI=1S/C24H28N2O4/c1-17-6-3-4-9-20(17)23(27)26-15-21(18-7-5-8-19(14-18)29-2)22(16-26)24(28)25-10-12-30-13-11-25/h3-9,14,21-22H,10-13,15-16H2,1-2H3/t21-,22-/m1/s1. The fraction of sp³-hybridized carbons (Fsp3) is 0.417. The lowest BCUT2D eigenvalue weighted by Gasteiger charge is -2.31. The number of benzene rings is 2. The van der Waals surface area contributed by atoms with Crippen LogP contribution in [0.3, 0.4) is 0 Å². The maximum Gasteiger partial charge on any atom is 0.254 e. The van der Waals surface area contributed by atoms with Crippen LogP contribution in [0.15, 0.2) is 48.5 Å². The van der Waals surface area contributed by atoms with E-state index in [4.69, 9.17) is 9.47 Å². The average molecular weight is 408 g/mol. The summed E-state index contributed by atoms with van der Waals surface area (Å²) < 4.78 is 10.8. The molecule has 0 bridgehead atoms. The molecule has 0 aromatic heterocycles. The van der Waals surface area contributed by atoms with Gasteiger partial charge in [0.1, 0.15) is 5.75 Å². The Hall–Kier alpha value is -2.86. The molecule has 2 fully saturated rings. The van der Waals surface area contributed by atoms with Gasteiger partial charge in [0.05, 0.1) is 26.2 Å². The number of morpholine rings is 1. The smallest absolute Gasteiger partial charge is 0.254 e. The van der Waals surface area contributed by atoms with Crippen molar-refractivity contribution in [1.29, 1.82) is 0 Å². The number of carbonyl (C=O) groups excluding carboxylic acids is 2. The van der Waals surface area contributed by atoms with Gasteiger partial charge in [-0.3, -0.25) is 9.59 Å². The minimum atomic E-state index is -0.275. The maximum absolute atomic E-state index is 13.4. The number of aryl methyl sites for hydroxylation is 1. The summed E-state index contributed by atoms with van der Waals surface area (Å²) >= 11 is 0. The van der Waals surface area contributed by atoms with Crippen molar-refractivity contribution in [2.45, 2.75) is 12.8 Å². The van der Waals surface area contributed by atoms with Crippen LogP contribution >= 0.6 is 0 Å². The Labute approximate surface area is 177 Å². The second-order valence-electron chi connectivity index (χ2n) is 7.95. The molecule has 0 N–H and O–H groups in total. The summed E-state index contributed by atoms with van der Waals surface area (Å²) in [6, 6.07) is 15.4. The Kier molecular flexibility index (Phi) is 6.04. The quantitative estimate of drug-likeness (QED) is 0.781.